The van der Waals surface area contributed by atoms with Gasteiger partial charge in [0, 0.05) is 12.4 Å². The van der Waals surface area contributed by atoms with Gasteiger partial charge in [0.05, 0.1) is 11.2 Å². The Labute approximate surface area is 112 Å². The summed E-state index contributed by atoms with van der Waals surface area (Å²) >= 11 is 0. The summed E-state index contributed by atoms with van der Waals surface area (Å²) in [6.07, 6.45) is 0. The average molecular weight is 252 g/mol. The Hall–Kier alpha value is -2.36. The molecule has 2 aromatic heterocycles. The van der Waals surface area contributed by atoms with Crippen molar-refractivity contribution < 1.29 is 0 Å². The Bertz CT molecular complexity index is 743. The molecular weight excluding hydrogens is 236 g/mol. The van der Waals surface area contributed by atoms with Crippen molar-refractivity contribution in [1.82, 2.24) is 14.8 Å². The molecule has 0 fully saturated rings. The quantitative estimate of drug-likeness (QED) is 0.762. The van der Waals surface area contributed by atoms with Gasteiger partial charge in [-0.25, -0.2) is 9.67 Å². The Balaban J connectivity index is 2.26. The van der Waals surface area contributed by atoms with Gasteiger partial charge in [0.25, 0.3) is 0 Å². The van der Waals surface area contributed by atoms with Crippen molar-refractivity contribution in [2.24, 2.45) is 0 Å². The molecule has 0 amide bonds. The summed E-state index contributed by atoms with van der Waals surface area (Å²) < 4.78 is 1.90. The number of rotatable bonds is 2. The summed E-state index contributed by atoms with van der Waals surface area (Å²) in [5.74, 6) is 1.67. The highest BCUT2D eigenvalue weighted by Crippen LogP contribution is 2.22. The minimum Gasteiger partial charge on any atom is -0.373 e. The van der Waals surface area contributed by atoms with Gasteiger partial charge in [0.15, 0.2) is 5.82 Å². The number of nitrogens with zero attached hydrogens (tertiary/aromatic N) is 3. The summed E-state index contributed by atoms with van der Waals surface area (Å²) in [4.78, 5) is 4.54. The predicted molar refractivity (Wildman–Crippen MR) is 77.9 cm³/mol. The van der Waals surface area contributed by atoms with Gasteiger partial charge in [0.2, 0.25) is 0 Å². The Morgan fingerprint density at radius 3 is 2.74 bits per heavy atom. The third kappa shape index (κ3) is 1.95. The van der Waals surface area contributed by atoms with Crippen LogP contribution >= 0.6 is 0 Å². The first-order valence-corrected chi connectivity index (χ1v) is 6.30. The Morgan fingerprint density at radius 2 is 1.95 bits per heavy atom. The van der Waals surface area contributed by atoms with Crippen LogP contribution in [0, 0.1) is 13.8 Å². The van der Waals surface area contributed by atoms with Gasteiger partial charge < -0.3 is 5.32 Å². The van der Waals surface area contributed by atoms with Crippen molar-refractivity contribution in [2.45, 2.75) is 13.8 Å². The number of fused-ring (bicyclic) bond motifs is 1. The lowest BCUT2D eigenvalue weighted by Crippen LogP contribution is -2.02. The molecule has 1 aromatic carbocycles. The number of aryl methyl sites for hydroxylation is 2. The van der Waals surface area contributed by atoms with Crippen molar-refractivity contribution in [1.29, 1.82) is 0 Å². The van der Waals surface area contributed by atoms with Crippen LogP contribution in [-0.4, -0.2) is 21.8 Å². The number of anilines is 1. The summed E-state index contributed by atoms with van der Waals surface area (Å²) in [5, 5.41) is 8.82. The van der Waals surface area contributed by atoms with E-state index in [1.807, 2.05) is 36.9 Å². The second kappa shape index (κ2) is 4.39. The molecule has 0 spiro atoms. The first-order chi connectivity index (χ1) is 9.19. The van der Waals surface area contributed by atoms with Crippen molar-refractivity contribution >= 4 is 16.7 Å². The maximum Gasteiger partial charge on any atom is 0.156 e. The smallest absolute Gasteiger partial charge is 0.156 e. The lowest BCUT2D eigenvalue weighted by molar-refractivity contribution is 0.858. The molecule has 96 valence electrons. The van der Waals surface area contributed by atoms with E-state index in [0.717, 1.165) is 22.8 Å². The molecule has 0 saturated heterocycles. The topological polar surface area (TPSA) is 42.7 Å². The van der Waals surface area contributed by atoms with Crippen molar-refractivity contribution in [3.8, 4) is 5.82 Å². The van der Waals surface area contributed by atoms with Gasteiger partial charge in [-0.05, 0) is 37.6 Å². The normalized spacial score (nSPS) is 10.9. The van der Waals surface area contributed by atoms with E-state index >= 15 is 0 Å². The van der Waals surface area contributed by atoms with Crippen molar-refractivity contribution in [2.75, 3.05) is 12.4 Å². The third-order valence-corrected chi connectivity index (χ3v) is 3.23. The van der Waals surface area contributed by atoms with E-state index in [2.05, 4.69) is 40.5 Å². The fraction of sp³-hybridized carbons (Fsp3) is 0.200. The number of pyridine rings is 1. The molecule has 0 bridgehead atoms. The monoisotopic (exact) mass is 252 g/mol. The molecule has 2 heterocycles. The van der Waals surface area contributed by atoms with E-state index in [0.29, 0.717) is 0 Å². The minimum absolute atomic E-state index is 0.829. The van der Waals surface area contributed by atoms with Gasteiger partial charge >= 0.3 is 0 Å². The van der Waals surface area contributed by atoms with Crippen LogP contribution in [0.5, 0.6) is 0 Å². The summed E-state index contributed by atoms with van der Waals surface area (Å²) in [6, 6.07) is 12.3. The van der Waals surface area contributed by atoms with Crippen LogP contribution in [0.4, 0.5) is 5.82 Å². The van der Waals surface area contributed by atoms with Crippen LogP contribution in [0.25, 0.3) is 16.7 Å². The van der Waals surface area contributed by atoms with Crippen LogP contribution in [0.1, 0.15) is 11.3 Å². The SMILES string of the molecule is CNc1cccc(-n2nc(C)c3ccc(C)cc32)n1. The molecule has 19 heavy (non-hydrogen) atoms. The maximum atomic E-state index is 4.60. The Kier molecular flexibility index (Phi) is 2.71. The number of aromatic nitrogens is 3. The third-order valence-electron chi connectivity index (χ3n) is 3.23. The number of nitrogens with one attached hydrogen (secondary N) is 1. The van der Waals surface area contributed by atoms with Gasteiger partial charge in [-0.3, -0.25) is 0 Å². The zero-order valence-corrected chi connectivity index (χ0v) is 11.3. The molecule has 0 radical (unpaired) electrons. The lowest BCUT2D eigenvalue weighted by atomic mass is 10.1. The fourth-order valence-corrected chi connectivity index (χ4v) is 2.24. The van der Waals surface area contributed by atoms with Crippen LogP contribution < -0.4 is 5.32 Å². The highest BCUT2D eigenvalue weighted by atomic mass is 15.3. The zero-order valence-electron chi connectivity index (χ0n) is 11.3. The first kappa shape index (κ1) is 11.7. The van der Waals surface area contributed by atoms with E-state index in [9.17, 15) is 0 Å². The van der Waals surface area contributed by atoms with Crippen molar-refractivity contribution in [3.63, 3.8) is 0 Å². The predicted octanol–water partition coefficient (Wildman–Crippen LogP) is 3.08. The summed E-state index contributed by atoms with van der Waals surface area (Å²) in [7, 11) is 1.86. The zero-order chi connectivity index (χ0) is 13.4. The summed E-state index contributed by atoms with van der Waals surface area (Å²) in [5.41, 5.74) is 3.34. The molecule has 0 aliphatic carbocycles. The highest BCUT2D eigenvalue weighted by molar-refractivity contribution is 5.83. The van der Waals surface area contributed by atoms with Crippen LogP contribution in [-0.2, 0) is 0 Å². The second-order valence-corrected chi connectivity index (χ2v) is 4.65. The molecule has 1 N–H and O–H groups in total. The van der Waals surface area contributed by atoms with Crippen molar-refractivity contribution in [3.05, 3.63) is 47.7 Å². The number of hydrogen-bond acceptors (Lipinski definition) is 3. The standard InChI is InChI=1S/C15H16N4/c1-10-7-8-12-11(2)18-19(13(12)9-10)15-6-4-5-14(16-3)17-15/h4-9H,1-3H3,(H,16,17). The van der Waals surface area contributed by atoms with Crippen LogP contribution in [0.15, 0.2) is 36.4 Å². The van der Waals surface area contributed by atoms with E-state index in [4.69, 9.17) is 0 Å². The molecule has 0 saturated carbocycles. The van der Waals surface area contributed by atoms with Gasteiger partial charge in [-0.1, -0.05) is 18.2 Å². The fourth-order valence-electron chi connectivity index (χ4n) is 2.24. The highest BCUT2D eigenvalue weighted by Gasteiger charge is 2.10. The average Bonchev–Trinajstić information content (AvgIpc) is 2.75. The number of benzene rings is 1. The van der Waals surface area contributed by atoms with Crippen LogP contribution in [0.2, 0.25) is 0 Å². The molecule has 0 atom stereocenters. The molecule has 4 heteroatoms. The molecule has 3 rings (SSSR count). The van der Waals surface area contributed by atoms with Crippen LogP contribution in [0.3, 0.4) is 0 Å². The summed E-state index contributed by atoms with van der Waals surface area (Å²) in [6.45, 7) is 4.11. The molecule has 4 nitrogen and oxygen atoms in total. The molecule has 0 unspecified atom stereocenters. The van der Waals surface area contributed by atoms with E-state index in [1.54, 1.807) is 0 Å². The van der Waals surface area contributed by atoms with E-state index < -0.39 is 0 Å². The van der Waals surface area contributed by atoms with Gasteiger partial charge in [0.1, 0.15) is 5.82 Å². The molecule has 0 aliphatic rings. The largest absolute Gasteiger partial charge is 0.373 e. The number of hydrogen-bond donors (Lipinski definition) is 1. The Morgan fingerprint density at radius 1 is 1.11 bits per heavy atom. The second-order valence-electron chi connectivity index (χ2n) is 4.65. The first-order valence-electron chi connectivity index (χ1n) is 6.30. The van der Waals surface area contributed by atoms with Gasteiger partial charge in [-0.15, -0.1) is 0 Å². The molecule has 3 aromatic rings. The molecular formula is C15H16N4. The molecule has 0 aliphatic heterocycles. The minimum atomic E-state index is 0.829. The van der Waals surface area contributed by atoms with E-state index in [1.165, 1.54) is 10.9 Å². The van der Waals surface area contributed by atoms with Gasteiger partial charge in [-0.2, -0.15) is 5.10 Å². The maximum absolute atomic E-state index is 4.60. The van der Waals surface area contributed by atoms with E-state index in [-0.39, 0.29) is 0 Å². The lowest BCUT2D eigenvalue weighted by Gasteiger charge is -2.05.